The molecule has 6 heteroatoms. The zero-order valence-electron chi connectivity index (χ0n) is 18.0. The molecule has 1 unspecified atom stereocenters. The molecule has 2 aromatic rings. The zero-order chi connectivity index (χ0) is 20.7. The van der Waals surface area contributed by atoms with E-state index in [-0.39, 0.29) is 11.9 Å². The number of aromatic nitrogens is 3. The normalized spacial score (nSPS) is 30.4. The van der Waals surface area contributed by atoms with Gasteiger partial charge in [-0.05, 0) is 81.1 Å². The van der Waals surface area contributed by atoms with E-state index >= 15 is 0 Å². The number of thioether (sulfide) groups is 1. The summed E-state index contributed by atoms with van der Waals surface area (Å²) in [5.74, 6) is 4.11. The summed E-state index contributed by atoms with van der Waals surface area (Å²) >= 11 is 1.49. The number of rotatable bonds is 7. The first-order valence-electron chi connectivity index (χ1n) is 11.4. The third-order valence-electron chi connectivity index (χ3n) is 7.80. The Labute approximate surface area is 183 Å². The quantitative estimate of drug-likeness (QED) is 0.667. The Morgan fingerprint density at radius 2 is 1.77 bits per heavy atom. The average Bonchev–Trinajstić information content (AvgIpc) is 3.06. The first kappa shape index (κ1) is 20.1. The smallest absolute Gasteiger partial charge is 0.230 e. The maximum absolute atomic E-state index is 12.8. The van der Waals surface area contributed by atoms with Crippen molar-refractivity contribution in [3.05, 3.63) is 41.7 Å². The van der Waals surface area contributed by atoms with Crippen LogP contribution in [-0.2, 0) is 11.3 Å². The summed E-state index contributed by atoms with van der Waals surface area (Å²) in [6, 6.07) is 10.6. The van der Waals surface area contributed by atoms with Crippen LogP contribution in [0.4, 0.5) is 0 Å². The molecule has 4 saturated carbocycles. The summed E-state index contributed by atoms with van der Waals surface area (Å²) in [6.45, 7) is 4.94. The van der Waals surface area contributed by atoms with Crippen LogP contribution in [-0.4, -0.2) is 32.5 Å². The summed E-state index contributed by atoms with van der Waals surface area (Å²) in [5, 5.41) is 12.7. The molecular formula is C24H32N4OS. The van der Waals surface area contributed by atoms with Crippen molar-refractivity contribution in [1.82, 2.24) is 20.1 Å². The maximum Gasteiger partial charge on any atom is 0.230 e. The number of nitrogens with one attached hydrogen (secondary N) is 1. The van der Waals surface area contributed by atoms with E-state index in [1.54, 1.807) is 0 Å². The Kier molecular flexibility index (Phi) is 5.38. The number of aryl methyl sites for hydroxylation is 1. The lowest BCUT2D eigenvalue weighted by Gasteiger charge is -2.59. The van der Waals surface area contributed by atoms with Gasteiger partial charge in [0.25, 0.3) is 0 Å². The molecule has 1 atom stereocenters. The molecule has 4 bridgehead atoms. The Balaban J connectivity index is 1.19. The third kappa shape index (κ3) is 3.91. The highest BCUT2D eigenvalue weighted by Gasteiger charge is 2.53. The van der Waals surface area contributed by atoms with Crippen molar-refractivity contribution in [3.63, 3.8) is 0 Å². The van der Waals surface area contributed by atoms with Gasteiger partial charge in [-0.2, -0.15) is 0 Å². The van der Waals surface area contributed by atoms with E-state index in [1.807, 2.05) is 25.1 Å². The Morgan fingerprint density at radius 1 is 1.13 bits per heavy atom. The SMILES string of the molecule is Cc1nnc(SCC(=O)NC(C)C23CC4CC(CC(C4)C2)C3)n1Cc1ccccc1. The Morgan fingerprint density at radius 3 is 2.40 bits per heavy atom. The van der Waals surface area contributed by atoms with E-state index in [0.29, 0.717) is 11.2 Å². The summed E-state index contributed by atoms with van der Waals surface area (Å²) in [6.07, 6.45) is 8.26. The number of nitrogens with zero attached hydrogens (tertiary/aromatic N) is 3. The Hall–Kier alpha value is -1.82. The number of benzene rings is 1. The first-order valence-corrected chi connectivity index (χ1v) is 12.4. The van der Waals surface area contributed by atoms with Gasteiger partial charge in [-0.25, -0.2) is 0 Å². The van der Waals surface area contributed by atoms with Gasteiger partial charge in [0.15, 0.2) is 5.16 Å². The van der Waals surface area contributed by atoms with E-state index < -0.39 is 0 Å². The molecule has 5 nitrogen and oxygen atoms in total. The molecule has 4 aliphatic rings. The van der Waals surface area contributed by atoms with E-state index in [1.165, 1.54) is 55.9 Å². The standard InChI is InChI=1S/C24H32N4OS/c1-16(24-11-19-8-20(12-24)10-21(9-19)13-24)25-22(29)15-30-23-27-26-17(2)28(23)14-18-6-4-3-5-7-18/h3-7,16,19-21H,8-15H2,1-2H3,(H,25,29). The topological polar surface area (TPSA) is 59.8 Å². The van der Waals surface area contributed by atoms with Gasteiger partial charge in [-0.3, -0.25) is 4.79 Å². The third-order valence-corrected chi connectivity index (χ3v) is 8.77. The highest BCUT2D eigenvalue weighted by molar-refractivity contribution is 7.99. The van der Waals surface area contributed by atoms with Crippen LogP contribution in [0.15, 0.2) is 35.5 Å². The van der Waals surface area contributed by atoms with Crippen molar-refractivity contribution in [2.24, 2.45) is 23.2 Å². The number of carbonyl (C=O) groups is 1. The lowest BCUT2D eigenvalue weighted by molar-refractivity contribution is -0.123. The van der Waals surface area contributed by atoms with Gasteiger partial charge in [0.2, 0.25) is 5.91 Å². The van der Waals surface area contributed by atoms with Crippen molar-refractivity contribution in [2.45, 2.75) is 70.1 Å². The molecule has 160 valence electrons. The molecule has 6 rings (SSSR count). The predicted octanol–water partition coefficient (Wildman–Crippen LogP) is 4.45. The van der Waals surface area contributed by atoms with E-state index in [2.05, 4.69) is 39.1 Å². The lowest BCUT2D eigenvalue weighted by Crippen LogP contribution is -2.56. The van der Waals surface area contributed by atoms with E-state index in [0.717, 1.165) is 35.3 Å². The second-order valence-electron chi connectivity index (χ2n) is 9.96. The van der Waals surface area contributed by atoms with E-state index in [4.69, 9.17) is 0 Å². The van der Waals surface area contributed by atoms with Crippen LogP contribution in [0.25, 0.3) is 0 Å². The van der Waals surface area contributed by atoms with Crippen molar-refractivity contribution < 1.29 is 4.79 Å². The van der Waals surface area contributed by atoms with Gasteiger partial charge in [0, 0.05) is 6.04 Å². The van der Waals surface area contributed by atoms with Gasteiger partial charge >= 0.3 is 0 Å². The maximum atomic E-state index is 12.8. The average molecular weight is 425 g/mol. The summed E-state index contributed by atoms with van der Waals surface area (Å²) < 4.78 is 2.09. The molecule has 1 heterocycles. The molecule has 4 fully saturated rings. The van der Waals surface area contributed by atoms with Crippen LogP contribution in [0.5, 0.6) is 0 Å². The van der Waals surface area contributed by atoms with Crippen LogP contribution >= 0.6 is 11.8 Å². The van der Waals surface area contributed by atoms with Crippen LogP contribution < -0.4 is 5.32 Å². The molecular weight excluding hydrogens is 392 g/mol. The highest BCUT2D eigenvalue weighted by Crippen LogP contribution is 2.61. The minimum absolute atomic E-state index is 0.121. The molecule has 0 saturated heterocycles. The fourth-order valence-electron chi connectivity index (χ4n) is 6.69. The van der Waals surface area contributed by atoms with Gasteiger partial charge in [0.05, 0.1) is 12.3 Å². The van der Waals surface area contributed by atoms with Crippen molar-refractivity contribution in [1.29, 1.82) is 0 Å². The van der Waals surface area contributed by atoms with Crippen LogP contribution in [0, 0.1) is 30.1 Å². The molecule has 30 heavy (non-hydrogen) atoms. The number of carbonyl (C=O) groups excluding carboxylic acids is 1. The summed E-state index contributed by atoms with van der Waals surface area (Å²) in [7, 11) is 0. The van der Waals surface area contributed by atoms with Gasteiger partial charge < -0.3 is 9.88 Å². The van der Waals surface area contributed by atoms with Crippen LogP contribution in [0.2, 0.25) is 0 Å². The monoisotopic (exact) mass is 424 g/mol. The predicted molar refractivity (Wildman–Crippen MR) is 119 cm³/mol. The molecule has 4 aliphatic carbocycles. The minimum atomic E-state index is 0.121. The zero-order valence-corrected chi connectivity index (χ0v) is 18.8. The van der Waals surface area contributed by atoms with Gasteiger partial charge in [-0.1, -0.05) is 42.1 Å². The van der Waals surface area contributed by atoms with Crippen molar-refractivity contribution in [3.8, 4) is 0 Å². The molecule has 0 radical (unpaired) electrons. The Bertz CT molecular complexity index is 874. The molecule has 1 N–H and O–H groups in total. The first-order chi connectivity index (χ1) is 14.5. The van der Waals surface area contributed by atoms with Gasteiger partial charge in [0.1, 0.15) is 5.82 Å². The fourth-order valence-corrected chi connectivity index (χ4v) is 7.49. The summed E-state index contributed by atoms with van der Waals surface area (Å²) in [5.41, 5.74) is 1.56. The van der Waals surface area contributed by atoms with Crippen LogP contribution in [0.1, 0.15) is 56.8 Å². The van der Waals surface area contributed by atoms with Crippen molar-refractivity contribution >= 4 is 17.7 Å². The summed E-state index contributed by atoms with van der Waals surface area (Å²) in [4.78, 5) is 12.8. The molecule has 1 aromatic carbocycles. The van der Waals surface area contributed by atoms with Gasteiger partial charge in [-0.15, -0.1) is 10.2 Å². The molecule has 1 amide bonds. The lowest BCUT2D eigenvalue weighted by atomic mass is 9.48. The molecule has 1 aromatic heterocycles. The highest BCUT2D eigenvalue weighted by atomic mass is 32.2. The minimum Gasteiger partial charge on any atom is -0.352 e. The second kappa shape index (κ2) is 8.03. The van der Waals surface area contributed by atoms with Crippen molar-refractivity contribution in [2.75, 3.05) is 5.75 Å². The number of hydrogen-bond acceptors (Lipinski definition) is 4. The van der Waals surface area contributed by atoms with Crippen LogP contribution in [0.3, 0.4) is 0 Å². The van der Waals surface area contributed by atoms with E-state index in [9.17, 15) is 4.79 Å². The second-order valence-corrected chi connectivity index (χ2v) is 10.9. The number of hydrogen-bond donors (Lipinski definition) is 1. The molecule has 0 aliphatic heterocycles. The largest absolute Gasteiger partial charge is 0.352 e. The number of amides is 1. The fraction of sp³-hybridized carbons (Fsp3) is 0.625. The molecule has 0 spiro atoms.